The Kier molecular flexibility index (Phi) is 0.941. The van der Waals surface area contributed by atoms with Gasteiger partial charge in [-0.25, -0.2) is 8.75 Å². The number of aromatic nitrogens is 2. The van der Waals surface area contributed by atoms with E-state index in [0.29, 0.717) is 0 Å². The van der Waals surface area contributed by atoms with Crippen LogP contribution in [-0.2, 0) is 7.05 Å². The Balaban J connectivity index is 3.39. The van der Waals surface area contributed by atoms with E-state index in [1.807, 2.05) is 0 Å². The third kappa shape index (κ3) is 0.691. The quantitative estimate of drug-likeness (QED) is 0.472. The lowest BCUT2D eigenvalue weighted by atomic mass is 11.2. The second-order valence-electron chi connectivity index (χ2n) is 1.12. The van der Waals surface area contributed by atoms with E-state index in [4.69, 9.17) is 0 Å². The molecule has 3 nitrogen and oxygen atoms in total. The van der Waals surface area contributed by atoms with Crippen LogP contribution >= 0.6 is 11.5 Å². The topological polar surface area (TPSA) is 34.9 Å². The summed E-state index contributed by atoms with van der Waals surface area (Å²) in [6, 6.07) is 0. The first kappa shape index (κ1) is 4.52. The lowest BCUT2D eigenvalue weighted by Gasteiger charge is -1.73. The van der Waals surface area contributed by atoms with E-state index in [1.54, 1.807) is 7.05 Å². The molecule has 0 radical (unpaired) electrons. The summed E-state index contributed by atoms with van der Waals surface area (Å²) in [5.41, 5.74) is 1.34. The van der Waals surface area contributed by atoms with Crippen molar-refractivity contribution in [2.45, 2.75) is 0 Å². The van der Waals surface area contributed by atoms with Crippen molar-refractivity contribution in [3.05, 3.63) is 16.0 Å². The highest BCUT2D eigenvalue weighted by atomic mass is 32.1. The Morgan fingerprint density at radius 1 is 2.00 bits per heavy atom. The van der Waals surface area contributed by atoms with E-state index in [0.717, 1.165) is 0 Å². The van der Waals surface area contributed by atoms with Crippen LogP contribution in [0.25, 0.3) is 0 Å². The van der Waals surface area contributed by atoms with Crippen molar-refractivity contribution in [1.29, 1.82) is 0 Å². The van der Waals surface area contributed by atoms with Crippen molar-refractivity contribution in [2.24, 2.45) is 7.05 Å². The van der Waals surface area contributed by atoms with E-state index in [9.17, 15) is 4.79 Å². The maximum atomic E-state index is 10.3. The highest BCUT2D eigenvalue weighted by molar-refractivity contribution is 7.03. The third-order valence-corrected chi connectivity index (χ3v) is 1.31. The molecule has 1 aromatic heterocycles. The summed E-state index contributed by atoms with van der Waals surface area (Å²) in [6.07, 6.45) is 0. The van der Waals surface area contributed by atoms with Crippen LogP contribution in [0.5, 0.6) is 0 Å². The van der Waals surface area contributed by atoms with Gasteiger partial charge in [0.15, 0.2) is 0 Å². The van der Waals surface area contributed by atoms with Crippen molar-refractivity contribution in [2.75, 3.05) is 0 Å². The molecule has 0 aliphatic carbocycles. The molecule has 0 saturated carbocycles. The van der Waals surface area contributed by atoms with Crippen molar-refractivity contribution in [3.63, 3.8) is 0 Å². The summed E-state index contributed by atoms with van der Waals surface area (Å²) in [6.45, 7) is 0. The van der Waals surface area contributed by atoms with Crippen LogP contribution in [0.1, 0.15) is 0 Å². The highest BCUT2D eigenvalue weighted by Gasteiger charge is 1.84. The Morgan fingerprint density at radius 3 is 2.86 bits per heavy atom. The molecular weight excluding hydrogens is 112 g/mol. The van der Waals surface area contributed by atoms with E-state index >= 15 is 0 Å². The predicted octanol–water partition coefficient (Wildman–Crippen LogP) is -0.158. The predicted molar refractivity (Wildman–Crippen MR) is 27.4 cm³/mol. The van der Waals surface area contributed by atoms with Gasteiger partial charge in [-0.3, -0.25) is 0 Å². The Morgan fingerprint density at radius 2 is 2.71 bits per heavy atom. The maximum Gasteiger partial charge on any atom is 0.357 e. The van der Waals surface area contributed by atoms with Gasteiger partial charge >= 0.3 is 5.69 Å². The fourth-order valence-electron chi connectivity index (χ4n) is 0.266. The number of nitrogens with zero attached hydrogens (tertiary/aromatic N) is 2. The minimum atomic E-state index is -0.176. The van der Waals surface area contributed by atoms with Crippen LogP contribution < -0.4 is 5.69 Å². The van der Waals surface area contributed by atoms with Gasteiger partial charge < -0.3 is 0 Å². The zero-order chi connectivity index (χ0) is 5.28. The molecule has 38 valence electrons. The number of rotatable bonds is 0. The highest BCUT2D eigenvalue weighted by Crippen LogP contribution is 1.80. The molecule has 0 saturated heterocycles. The Bertz CT molecular complexity index is 201. The van der Waals surface area contributed by atoms with Gasteiger partial charge in [0.1, 0.15) is 5.51 Å². The minimum absolute atomic E-state index is 0.176. The second-order valence-corrected chi connectivity index (χ2v) is 2.09. The number of hydrogen-bond acceptors (Lipinski definition) is 3. The standard InChI is InChI=1S/C3H4N2OS/c1-5-3(6)4-2-7-5/h2H,1H3. The molecule has 0 bridgehead atoms. The van der Waals surface area contributed by atoms with Gasteiger partial charge in [0.2, 0.25) is 0 Å². The number of aryl methyl sites for hydroxylation is 1. The fourth-order valence-corrected chi connectivity index (χ4v) is 0.682. The van der Waals surface area contributed by atoms with Crippen LogP contribution in [0.15, 0.2) is 10.3 Å². The molecule has 1 rings (SSSR count). The van der Waals surface area contributed by atoms with Crippen LogP contribution in [0, 0.1) is 0 Å². The van der Waals surface area contributed by atoms with Crippen LogP contribution in [-0.4, -0.2) is 8.94 Å². The molecular formula is C3H4N2OS. The van der Waals surface area contributed by atoms with E-state index in [2.05, 4.69) is 4.98 Å². The summed E-state index contributed by atoms with van der Waals surface area (Å²) in [4.78, 5) is 13.7. The molecule has 0 amide bonds. The van der Waals surface area contributed by atoms with Gasteiger partial charge in [-0.15, -0.1) is 0 Å². The van der Waals surface area contributed by atoms with Crippen LogP contribution in [0.2, 0.25) is 0 Å². The molecule has 0 N–H and O–H groups in total. The average molecular weight is 116 g/mol. The lowest BCUT2D eigenvalue weighted by Crippen LogP contribution is -2.09. The first-order chi connectivity index (χ1) is 3.30. The van der Waals surface area contributed by atoms with Gasteiger partial charge in [-0.2, -0.15) is 4.98 Å². The summed E-state index contributed by atoms with van der Waals surface area (Å²) in [7, 11) is 1.68. The minimum Gasteiger partial charge on any atom is -0.249 e. The summed E-state index contributed by atoms with van der Waals surface area (Å²) >= 11 is 1.30. The van der Waals surface area contributed by atoms with Gasteiger partial charge in [0.05, 0.1) is 0 Å². The monoisotopic (exact) mass is 116 g/mol. The maximum absolute atomic E-state index is 10.3. The largest absolute Gasteiger partial charge is 0.357 e. The Labute approximate surface area is 44.4 Å². The summed E-state index contributed by atoms with van der Waals surface area (Å²) in [5.74, 6) is 0. The van der Waals surface area contributed by atoms with Gasteiger partial charge in [0, 0.05) is 7.05 Å². The fraction of sp³-hybridized carbons (Fsp3) is 0.333. The third-order valence-electron chi connectivity index (χ3n) is 0.638. The molecule has 4 heteroatoms. The zero-order valence-corrected chi connectivity index (χ0v) is 4.60. The molecule has 7 heavy (non-hydrogen) atoms. The summed E-state index contributed by atoms with van der Waals surface area (Å²) < 4.78 is 1.46. The molecule has 0 fully saturated rings. The lowest BCUT2D eigenvalue weighted by molar-refractivity contribution is 0.932. The Hall–Kier alpha value is -0.640. The van der Waals surface area contributed by atoms with Crippen molar-refractivity contribution >= 4 is 11.5 Å². The number of hydrogen-bond donors (Lipinski definition) is 0. The molecule has 0 aliphatic rings. The zero-order valence-electron chi connectivity index (χ0n) is 3.79. The molecule has 0 spiro atoms. The van der Waals surface area contributed by atoms with Crippen LogP contribution in [0.3, 0.4) is 0 Å². The molecule has 0 unspecified atom stereocenters. The molecule has 1 aromatic rings. The molecule has 0 aromatic carbocycles. The average Bonchev–Trinajstić information content (AvgIpc) is 1.91. The SMILES string of the molecule is Cn1scnc1=O. The van der Waals surface area contributed by atoms with Gasteiger partial charge in [0.25, 0.3) is 0 Å². The van der Waals surface area contributed by atoms with Crippen molar-refractivity contribution in [1.82, 2.24) is 8.94 Å². The normalized spacial score (nSPS) is 9.29. The van der Waals surface area contributed by atoms with Crippen LogP contribution in [0.4, 0.5) is 0 Å². The first-order valence-electron chi connectivity index (χ1n) is 1.78. The van der Waals surface area contributed by atoms with E-state index in [1.165, 1.54) is 21.0 Å². The summed E-state index contributed by atoms with van der Waals surface area (Å²) in [5, 5.41) is 0. The van der Waals surface area contributed by atoms with Gasteiger partial charge in [-0.1, -0.05) is 0 Å². The molecule has 0 atom stereocenters. The second kappa shape index (κ2) is 1.46. The molecule has 1 heterocycles. The van der Waals surface area contributed by atoms with Crippen molar-refractivity contribution < 1.29 is 0 Å². The van der Waals surface area contributed by atoms with Gasteiger partial charge in [-0.05, 0) is 11.5 Å². The molecule has 0 aliphatic heterocycles. The smallest absolute Gasteiger partial charge is 0.249 e. The van der Waals surface area contributed by atoms with Crippen molar-refractivity contribution in [3.8, 4) is 0 Å². The van der Waals surface area contributed by atoms with E-state index < -0.39 is 0 Å². The van der Waals surface area contributed by atoms with E-state index in [-0.39, 0.29) is 5.69 Å². The first-order valence-corrected chi connectivity index (χ1v) is 2.61.